The number of benzene rings is 1. The zero-order valence-corrected chi connectivity index (χ0v) is 13.1. The Morgan fingerprint density at radius 2 is 2.23 bits per heavy atom. The quantitative estimate of drug-likeness (QED) is 0.939. The minimum absolute atomic E-state index is 0.204. The molecule has 0 spiro atoms. The molecule has 5 nitrogen and oxygen atoms in total. The largest absolute Gasteiger partial charge is 0.338 e. The molecule has 2 heterocycles. The molecule has 1 aliphatic heterocycles. The number of aryl methyl sites for hydroxylation is 1. The van der Waals surface area contributed by atoms with Crippen molar-refractivity contribution in [3.8, 4) is 0 Å². The minimum atomic E-state index is 0.204. The van der Waals surface area contributed by atoms with Gasteiger partial charge in [0.25, 0.3) is 0 Å². The van der Waals surface area contributed by atoms with Crippen molar-refractivity contribution in [2.75, 3.05) is 13.1 Å². The zero-order valence-electron chi connectivity index (χ0n) is 13.1. The molecule has 0 bridgehead atoms. The average molecular weight is 300 g/mol. The van der Waals surface area contributed by atoms with E-state index < -0.39 is 0 Å². The first-order valence-electron chi connectivity index (χ1n) is 8.08. The second-order valence-electron chi connectivity index (χ2n) is 6.28. The van der Waals surface area contributed by atoms with Crippen LogP contribution in [0, 0.1) is 5.92 Å². The molecule has 1 aromatic carbocycles. The first-order chi connectivity index (χ1) is 10.7. The Morgan fingerprint density at radius 1 is 1.41 bits per heavy atom. The molecule has 1 amide bonds. The highest BCUT2D eigenvalue weighted by atomic mass is 16.2. The summed E-state index contributed by atoms with van der Waals surface area (Å²) < 4.78 is 2.05. The number of imidazole rings is 1. The van der Waals surface area contributed by atoms with Gasteiger partial charge in [0.15, 0.2) is 0 Å². The lowest BCUT2D eigenvalue weighted by molar-refractivity contribution is -0.135. The number of hydrogen-bond donors (Lipinski definition) is 1. The average Bonchev–Trinajstić information content (AvgIpc) is 2.95. The van der Waals surface area contributed by atoms with Crippen molar-refractivity contribution < 1.29 is 4.79 Å². The summed E-state index contributed by atoms with van der Waals surface area (Å²) in [6, 6.07) is 8.21. The normalized spacial score (nSPS) is 22.2. The maximum atomic E-state index is 12.5. The number of hydrogen-bond acceptors (Lipinski definition) is 3. The summed E-state index contributed by atoms with van der Waals surface area (Å²) >= 11 is 0. The topological polar surface area (TPSA) is 64.2 Å². The molecule has 5 heteroatoms. The molecule has 0 aliphatic carbocycles. The summed E-state index contributed by atoms with van der Waals surface area (Å²) in [5.41, 5.74) is 7.90. The van der Waals surface area contributed by atoms with Crippen molar-refractivity contribution in [3.05, 3.63) is 30.6 Å². The van der Waals surface area contributed by atoms with E-state index in [1.165, 1.54) is 0 Å². The number of nitrogens with zero attached hydrogens (tertiary/aromatic N) is 3. The van der Waals surface area contributed by atoms with Crippen LogP contribution in [0.15, 0.2) is 30.6 Å². The van der Waals surface area contributed by atoms with Gasteiger partial charge in [0.2, 0.25) is 5.91 Å². The summed E-state index contributed by atoms with van der Waals surface area (Å²) in [5, 5.41) is 0. The summed E-state index contributed by atoms with van der Waals surface area (Å²) in [6.45, 7) is 4.31. The lowest BCUT2D eigenvalue weighted by Crippen LogP contribution is -2.49. The smallest absolute Gasteiger partial charge is 0.224 e. The number of aromatic nitrogens is 2. The van der Waals surface area contributed by atoms with E-state index in [1.807, 2.05) is 35.5 Å². The third-order valence-corrected chi connectivity index (χ3v) is 4.66. The van der Waals surface area contributed by atoms with Crippen LogP contribution in [0.1, 0.15) is 26.2 Å². The van der Waals surface area contributed by atoms with Crippen LogP contribution in [0.2, 0.25) is 0 Å². The van der Waals surface area contributed by atoms with Crippen LogP contribution < -0.4 is 5.73 Å². The SMILES string of the molecule is CC1CCN(C(=O)CCn2cnc3ccccc32)C(CN)C1. The van der Waals surface area contributed by atoms with E-state index in [-0.39, 0.29) is 11.9 Å². The Bertz CT molecular complexity index is 651. The Hall–Kier alpha value is -1.88. The molecule has 3 rings (SSSR count). The van der Waals surface area contributed by atoms with Gasteiger partial charge < -0.3 is 15.2 Å². The maximum Gasteiger partial charge on any atom is 0.224 e. The molecule has 0 radical (unpaired) electrons. The predicted octanol–water partition coefficient (Wildman–Crippen LogP) is 2.01. The van der Waals surface area contributed by atoms with Gasteiger partial charge in [-0.15, -0.1) is 0 Å². The van der Waals surface area contributed by atoms with E-state index in [0.29, 0.717) is 25.4 Å². The second kappa shape index (κ2) is 6.48. The highest BCUT2D eigenvalue weighted by Crippen LogP contribution is 2.23. The predicted molar refractivity (Wildman–Crippen MR) is 87.3 cm³/mol. The molecule has 0 saturated carbocycles. The molecule has 1 aromatic heterocycles. The zero-order chi connectivity index (χ0) is 15.5. The number of fused-ring (bicyclic) bond motifs is 1. The molecule has 1 aliphatic rings. The molecule has 22 heavy (non-hydrogen) atoms. The van der Waals surface area contributed by atoms with E-state index in [1.54, 1.807) is 0 Å². The van der Waals surface area contributed by atoms with Gasteiger partial charge in [0.1, 0.15) is 0 Å². The molecule has 2 N–H and O–H groups in total. The monoisotopic (exact) mass is 300 g/mol. The van der Waals surface area contributed by atoms with E-state index in [0.717, 1.165) is 30.4 Å². The Kier molecular flexibility index (Phi) is 4.43. The molecule has 2 unspecified atom stereocenters. The van der Waals surface area contributed by atoms with Crippen LogP contribution in [0.25, 0.3) is 11.0 Å². The van der Waals surface area contributed by atoms with Crippen molar-refractivity contribution in [1.82, 2.24) is 14.5 Å². The number of carbonyl (C=O) groups excluding carboxylic acids is 1. The van der Waals surface area contributed by atoms with Gasteiger partial charge in [-0.3, -0.25) is 4.79 Å². The minimum Gasteiger partial charge on any atom is -0.338 e. The number of piperidine rings is 1. The summed E-state index contributed by atoms with van der Waals surface area (Å²) in [5.74, 6) is 0.871. The highest BCUT2D eigenvalue weighted by Gasteiger charge is 2.28. The van der Waals surface area contributed by atoms with Crippen LogP contribution in [-0.4, -0.2) is 39.5 Å². The Balaban J connectivity index is 1.64. The molecule has 118 valence electrons. The first-order valence-corrected chi connectivity index (χ1v) is 8.08. The molecular formula is C17H24N4O. The van der Waals surface area contributed by atoms with Gasteiger partial charge in [-0.05, 0) is 30.9 Å². The Labute approximate surface area is 131 Å². The van der Waals surface area contributed by atoms with Gasteiger partial charge in [-0.1, -0.05) is 19.1 Å². The third kappa shape index (κ3) is 2.99. The fourth-order valence-electron chi connectivity index (χ4n) is 3.35. The molecule has 2 atom stereocenters. The summed E-state index contributed by atoms with van der Waals surface area (Å²) in [6.07, 6.45) is 4.42. The van der Waals surface area contributed by atoms with Crippen molar-refractivity contribution >= 4 is 16.9 Å². The fourth-order valence-corrected chi connectivity index (χ4v) is 3.35. The number of carbonyl (C=O) groups is 1. The van der Waals surface area contributed by atoms with Crippen LogP contribution >= 0.6 is 0 Å². The fraction of sp³-hybridized carbons (Fsp3) is 0.529. The number of amides is 1. The van der Waals surface area contributed by atoms with Crippen LogP contribution in [0.3, 0.4) is 0 Å². The highest BCUT2D eigenvalue weighted by molar-refractivity contribution is 5.78. The number of rotatable bonds is 4. The van der Waals surface area contributed by atoms with Gasteiger partial charge in [-0.25, -0.2) is 4.98 Å². The van der Waals surface area contributed by atoms with Gasteiger partial charge in [-0.2, -0.15) is 0 Å². The van der Waals surface area contributed by atoms with E-state index in [2.05, 4.69) is 16.5 Å². The standard InChI is InChI=1S/C17H24N4O/c1-13-6-9-21(14(10-13)11-18)17(22)7-8-20-12-19-15-4-2-3-5-16(15)20/h2-5,12-14H,6-11,18H2,1H3. The van der Waals surface area contributed by atoms with Crippen molar-refractivity contribution in [2.45, 2.75) is 38.8 Å². The van der Waals surface area contributed by atoms with E-state index in [4.69, 9.17) is 5.73 Å². The maximum absolute atomic E-state index is 12.5. The van der Waals surface area contributed by atoms with Crippen LogP contribution in [-0.2, 0) is 11.3 Å². The summed E-state index contributed by atoms with van der Waals surface area (Å²) in [4.78, 5) is 18.9. The molecule has 1 fully saturated rings. The van der Waals surface area contributed by atoms with Crippen LogP contribution in [0.5, 0.6) is 0 Å². The first kappa shape index (κ1) is 15.0. The number of para-hydroxylation sites is 2. The molecule has 1 saturated heterocycles. The lowest BCUT2D eigenvalue weighted by atomic mass is 9.92. The van der Waals surface area contributed by atoms with Gasteiger partial charge >= 0.3 is 0 Å². The number of likely N-dealkylation sites (tertiary alicyclic amines) is 1. The Morgan fingerprint density at radius 3 is 3.05 bits per heavy atom. The van der Waals surface area contributed by atoms with Crippen LogP contribution in [0.4, 0.5) is 0 Å². The van der Waals surface area contributed by atoms with Crippen molar-refractivity contribution in [3.63, 3.8) is 0 Å². The van der Waals surface area contributed by atoms with Gasteiger partial charge in [0, 0.05) is 32.1 Å². The van der Waals surface area contributed by atoms with Crippen molar-refractivity contribution in [2.24, 2.45) is 11.7 Å². The third-order valence-electron chi connectivity index (χ3n) is 4.66. The van der Waals surface area contributed by atoms with E-state index >= 15 is 0 Å². The summed E-state index contributed by atoms with van der Waals surface area (Å²) in [7, 11) is 0. The van der Waals surface area contributed by atoms with Crippen molar-refractivity contribution in [1.29, 1.82) is 0 Å². The molecule has 2 aromatic rings. The van der Waals surface area contributed by atoms with E-state index in [9.17, 15) is 4.79 Å². The number of nitrogens with two attached hydrogens (primary N) is 1. The van der Waals surface area contributed by atoms with Gasteiger partial charge in [0.05, 0.1) is 17.4 Å². The molecular weight excluding hydrogens is 276 g/mol. The lowest BCUT2D eigenvalue weighted by Gasteiger charge is -2.38. The second-order valence-corrected chi connectivity index (χ2v) is 6.28.